The number of piperazine rings is 1. The number of carbonyl (C=O) groups excluding carboxylic acids is 2. The summed E-state index contributed by atoms with van der Waals surface area (Å²) in [6.45, 7) is 8.02. The minimum absolute atomic E-state index is 0.350. The van der Waals surface area contributed by atoms with Gasteiger partial charge in [-0.15, -0.1) is 0 Å². The van der Waals surface area contributed by atoms with Crippen molar-refractivity contribution < 1.29 is 14.3 Å². The second-order valence-corrected chi connectivity index (χ2v) is 12.0. The summed E-state index contributed by atoms with van der Waals surface area (Å²) in [5.41, 5.74) is 2.52. The van der Waals surface area contributed by atoms with Gasteiger partial charge in [-0.25, -0.2) is 19.7 Å². The number of piperidine rings is 1. The topological polar surface area (TPSA) is 116 Å². The van der Waals surface area contributed by atoms with E-state index in [1.165, 1.54) is 6.92 Å². The molecule has 5 rings (SSSR count). The van der Waals surface area contributed by atoms with Gasteiger partial charge < -0.3 is 19.9 Å². The second-order valence-electron chi connectivity index (χ2n) is 11.1. The number of hydrogen-bond acceptors (Lipinski definition) is 9. The lowest BCUT2D eigenvalue weighted by Crippen LogP contribution is -2.45. The number of nitrogens with one attached hydrogen (secondary N) is 2. The van der Waals surface area contributed by atoms with Gasteiger partial charge in [0.2, 0.25) is 17.7 Å². The Kier molecular flexibility index (Phi) is 10.3. The van der Waals surface area contributed by atoms with Crippen molar-refractivity contribution in [2.45, 2.75) is 26.3 Å². The van der Waals surface area contributed by atoms with Crippen LogP contribution in [0.3, 0.4) is 0 Å². The number of urea groups is 1. The van der Waals surface area contributed by atoms with Gasteiger partial charge in [0, 0.05) is 67.9 Å². The number of rotatable bonds is 8. The fourth-order valence-corrected chi connectivity index (χ4v) is 5.78. The molecule has 11 nitrogen and oxygen atoms in total. The average molecular weight is 628 g/mol. The Morgan fingerprint density at radius 2 is 1.63 bits per heavy atom. The molecule has 0 unspecified atom stereocenters. The van der Waals surface area contributed by atoms with E-state index >= 15 is 0 Å². The van der Waals surface area contributed by atoms with Crippen LogP contribution in [0.15, 0.2) is 42.7 Å². The van der Waals surface area contributed by atoms with E-state index in [4.69, 9.17) is 32.9 Å². The van der Waals surface area contributed by atoms with Gasteiger partial charge in [0.05, 0.1) is 18.1 Å². The third kappa shape index (κ3) is 8.99. The maximum atomic E-state index is 11.8. The molecule has 2 aliphatic rings. The van der Waals surface area contributed by atoms with Crippen LogP contribution < -0.4 is 20.3 Å². The average Bonchev–Trinajstić information content (AvgIpc) is 2.97. The number of halogens is 2. The van der Waals surface area contributed by atoms with Crippen LogP contribution in [-0.4, -0.2) is 89.6 Å². The molecular weight excluding hydrogens is 591 g/mol. The van der Waals surface area contributed by atoms with E-state index in [-0.39, 0.29) is 5.91 Å². The molecule has 228 valence electrons. The van der Waals surface area contributed by atoms with E-state index in [0.29, 0.717) is 52.3 Å². The minimum Gasteiger partial charge on any atom is -0.436 e. The van der Waals surface area contributed by atoms with Gasteiger partial charge in [-0.3, -0.25) is 15.0 Å². The molecule has 3 amide bonds. The highest BCUT2D eigenvalue weighted by Gasteiger charge is 2.21. The number of nitrogens with zero attached hydrogens (tertiary/aromatic N) is 6. The van der Waals surface area contributed by atoms with E-state index in [1.807, 2.05) is 24.3 Å². The molecule has 2 aliphatic heterocycles. The number of aromatic nitrogens is 3. The molecule has 0 bridgehead atoms. The summed E-state index contributed by atoms with van der Waals surface area (Å²) < 4.78 is 6.17. The fourth-order valence-electron chi connectivity index (χ4n) is 5.25. The summed E-state index contributed by atoms with van der Waals surface area (Å²) in [7, 11) is 2.11. The lowest BCUT2D eigenvalue weighted by Gasteiger charge is -2.32. The van der Waals surface area contributed by atoms with Crippen LogP contribution in [0.1, 0.15) is 25.3 Å². The summed E-state index contributed by atoms with van der Waals surface area (Å²) in [5.74, 6) is 1.59. The Hall–Kier alpha value is -3.51. The predicted molar refractivity (Wildman–Crippen MR) is 167 cm³/mol. The van der Waals surface area contributed by atoms with Gasteiger partial charge in [0.25, 0.3) is 0 Å². The van der Waals surface area contributed by atoms with Crippen molar-refractivity contribution in [3.63, 3.8) is 0 Å². The minimum atomic E-state index is -0.452. The van der Waals surface area contributed by atoms with Crippen LogP contribution >= 0.6 is 23.2 Å². The molecule has 0 spiro atoms. The lowest BCUT2D eigenvalue weighted by molar-refractivity contribution is -0.117. The van der Waals surface area contributed by atoms with Crippen molar-refractivity contribution in [3.8, 4) is 22.9 Å². The summed E-state index contributed by atoms with van der Waals surface area (Å²) in [6, 6.07) is 8.87. The summed E-state index contributed by atoms with van der Waals surface area (Å²) in [6.07, 6.45) is 5.23. The predicted octanol–water partition coefficient (Wildman–Crippen LogP) is 4.45. The number of benzene rings is 1. The van der Waals surface area contributed by atoms with Crippen molar-refractivity contribution in [1.82, 2.24) is 35.4 Å². The molecule has 0 aliphatic carbocycles. The first kappa shape index (κ1) is 30.9. The number of likely N-dealkylation sites (tertiary alicyclic amines) is 1. The number of pyridine rings is 1. The number of carbonyl (C=O) groups is 2. The maximum absolute atomic E-state index is 11.8. The van der Waals surface area contributed by atoms with Crippen LogP contribution in [0.4, 0.5) is 10.7 Å². The summed E-state index contributed by atoms with van der Waals surface area (Å²) in [5, 5.41) is 6.08. The SMILES string of the molecule is CC(=O)NC(=O)NCC1CCN(Cc2cc(Oc3cnc(N4CCN(C)CC4)nc3)nc(-c3cc(Cl)cc(Cl)c3)c2)CC1. The standard InChI is InChI=1S/C30H36Cl2N8O3/c1-20(41)36-30(42)35-16-21-3-5-39(6-4-21)19-22-11-27(23-13-24(31)15-25(32)14-23)37-28(12-22)43-26-17-33-29(34-18-26)40-9-7-38(2)8-10-40/h11-15,17-18,21H,3-10,16,19H2,1-2H3,(H2,35,36,41,42). The molecule has 1 aromatic carbocycles. The van der Waals surface area contributed by atoms with Crippen LogP contribution in [0.25, 0.3) is 11.3 Å². The Morgan fingerprint density at radius 1 is 0.953 bits per heavy atom. The largest absolute Gasteiger partial charge is 0.436 e. The fraction of sp³-hybridized carbons (Fsp3) is 0.433. The lowest BCUT2D eigenvalue weighted by atomic mass is 9.96. The van der Waals surface area contributed by atoms with Gasteiger partial charge in [0.15, 0.2) is 5.75 Å². The van der Waals surface area contributed by atoms with E-state index in [0.717, 1.165) is 63.2 Å². The Balaban J connectivity index is 1.28. The number of amides is 3. The molecule has 2 N–H and O–H groups in total. The van der Waals surface area contributed by atoms with Crippen LogP contribution in [0, 0.1) is 5.92 Å². The zero-order valence-electron chi connectivity index (χ0n) is 24.4. The smallest absolute Gasteiger partial charge is 0.321 e. The Bertz CT molecular complexity index is 1410. The first-order valence-electron chi connectivity index (χ1n) is 14.4. The zero-order valence-corrected chi connectivity index (χ0v) is 25.9. The highest BCUT2D eigenvalue weighted by molar-refractivity contribution is 6.35. The molecule has 0 atom stereocenters. The molecule has 3 aromatic rings. The van der Waals surface area contributed by atoms with Gasteiger partial charge in [-0.2, -0.15) is 0 Å². The van der Waals surface area contributed by atoms with Crippen molar-refractivity contribution in [2.24, 2.45) is 5.92 Å². The van der Waals surface area contributed by atoms with E-state index in [1.54, 1.807) is 18.5 Å². The molecule has 13 heteroatoms. The van der Waals surface area contributed by atoms with Gasteiger partial charge in [-0.05, 0) is 68.7 Å². The van der Waals surface area contributed by atoms with Crippen LogP contribution in [-0.2, 0) is 11.3 Å². The van der Waals surface area contributed by atoms with Crippen molar-refractivity contribution in [3.05, 3.63) is 58.3 Å². The third-order valence-corrected chi connectivity index (χ3v) is 8.03. The molecule has 2 saturated heterocycles. The highest BCUT2D eigenvalue weighted by atomic mass is 35.5. The normalized spacial score (nSPS) is 16.6. The van der Waals surface area contributed by atoms with Crippen molar-refractivity contribution in [2.75, 3.05) is 57.8 Å². The number of hydrogen-bond donors (Lipinski definition) is 2. The molecule has 0 radical (unpaired) electrons. The molecule has 43 heavy (non-hydrogen) atoms. The van der Waals surface area contributed by atoms with Gasteiger partial charge >= 0.3 is 6.03 Å². The Labute approximate surface area is 261 Å². The maximum Gasteiger partial charge on any atom is 0.321 e. The molecule has 2 aromatic heterocycles. The van der Waals surface area contributed by atoms with Gasteiger partial charge in [0.1, 0.15) is 0 Å². The highest BCUT2D eigenvalue weighted by Crippen LogP contribution is 2.31. The first-order chi connectivity index (χ1) is 20.7. The molecule has 0 saturated carbocycles. The number of ether oxygens (including phenoxy) is 1. The number of imide groups is 1. The first-order valence-corrected chi connectivity index (χ1v) is 15.1. The van der Waals surface area contributed by atoms with E-state index in [2.05, 4.69) is 42.3 Å². The van der Waals surface area contributed by atoms with E-state index < -0.39 is 6.03 Å². The molecular formula is C30H36Cl2N8O3. The quantitative estimate of drug-likeness (QED) is 0.374. The number of anilines is 1. The van der Waals surface area contributed by atoms with Crippen molar-refractivity contribution >= 4 is 41.1 Å². The Morgan fingerprint density at radius 3 is 2.28 bits per heavy atom. The molecule has 4 heterocycles. The second kappa shape index (κ2) is 14.3. The van der Waals surface area contributed by atoms with Crippen molar-refractivity contribution in [1.29, 1.82) is 0 Å². The number of likely N-dealkylation sites (N-methyl/N-ethyl adjacent to an activating group) is 1. The summed E-state index contributed by atoms with van der Waals surface area (Å²) in [4.78, 5) is 43.5. The van der Waals surface area contributed by atoms with Gasteiger partial charge in [-0.1, -0.05) is 23.2 Å². The van der Waals surface area contributed by atoms with Crippen LogP contribution in [0.2, 0.25) is 10.0 Å². The molecule has 2 fully saturated rings. The zero-order chi connectivity index (χ0) is 30.3. The summed E-state index contributed by atoms with van der Waals surface area (Å²) >= 11 is 12.6. The van der Waals surface area contributed by atoms with E-state index in [9.17, 15) is 9.59 Å². The monoisotopic (exact) mass is 626 g/mol. The van der Waals surface area contributed by atoms with Crippen LogP contribution in [0.5, 0.6) is 11.6 Å². The third-order valence-electron chi connectivity index (χ3n) is 7.60.